The van der Waals surface area contributed by atoms with Gasteiger partial charge in [0.25, 0.3) is 15.7 Å². The summed E-state index contributed by atoms with van der Waals surface area (Å²) in [5, 5.41) is 11.6. The normalized spacial score (nSPS) is 16.4. The number of carbonyl (C=O) groups is 1. The van der Waals surface area contributed by atoms with E-state index in [1.807, 2.05) is 43.0 Å². The highest BCUT2D eigenvalue weighted by atomic mass is 32.2. The van der Waals surface area contributed by atoms with Gasteiger partial charge in [-0.2, -0.15) is 21.0 Å². The van der Waals surface area contributed by atoms with E-state index in [1.165, 1.54) is 106 Å². The summed E-state index contributed by atoms with van der Waals surface area (Å²) in [6.07, 6.45) is 21.7. The first-order valence-corrected chi connectivity index (χ1v) is 37.5. The molecular formula is C84H82N4O7S4. The van der Waals surface area contributed by atoms with Crippen LogP contribution in [-0.2, 0) is 32.6 Å². The van der Waals surface area contributed by atoms with Gasteiger partial charge in [-0.3, -0.25) is 18.5 Å². The first-order valence-electron chi connectivity index (χ1n) is 33.7. The van der Waals surface area contributed by atoms with Crippen molar-refractivity contribution < 1.29 is 27.2 Å². The summed E-state index contributed by atoms with van der Waals surface area (Å²) in [7, 11) is -4.02. The van der Waals surface area contributed by atoms with Gasteiger partial charge in [-0.05, 0) is 144 Å². The van der Waals surface area contributed by atoms with Crippen LogP contribution in [0.2, 0.25) is 0 Å². The topological polar surface area (TPSA) is 143 Å². The van der Waals surface area contributed by atoms with Crippen LogP contribution in [0.25, 0.3) is 53.4 Å². The number of aryl methyl sites for hydroxylation is 4. The molecule has 504 valence electrons. The Labute approximate surface area is 593 Å². The van der Waals surface area contributed by atoms with E-state index >= 15 is 0 Å². The molecule has 0 fully saturated rings. The summed E-state index contributed by atoms with van der Waals surface area (Å²) in [5.41, 5.74) is 12.9. The maximum absolute atomic E-state index is 11.2. The second-order valence-electron chi connectivity index (χ2n) is 25.2. The molecule has 10 aromatic carbocycles. The van der Waals surface area contributed by atoms with Crippen LogP contribution in [0.1, 0.15) is 76.6 Å². The first kappa shape index (κ1) is 69.7. The number of fused-ring (bicyclic) bond motifs is 10. The number of anilines is 1. The van der Waals surface area contributed by atoms with E-state index < -0.39 is 10.1 Å². The average Bonchev–Trinajstić information content (AvgIpc) is 1.62. The number of aromatic amines is 1. The fourth-order valence-corrected chi connectivity index (χ4v) is 16.0. The molecule has 1 aliphatic carbocycles. The average molecular weight is 1390 g/mol. The van der Waals surface area contributed by atoms with Gasteiger partial charge in [0.05, 0.1) is 27.3 Å². The van der Waals surface area contributed by atoms with Gasteiger partial charge in [0.15, 0.2) is 0 Å². The molecule has 0 radical (unpaired) electrons. The first-order chi connectivity index (χ1) is 48.2. The summed E-state index contributed by atoms with van der Waals surface area (Å²) in [4.78, 5) is 25.9. The quantitative estimate of drug-likeness (QED) is 0.0286. The zero-order valence-electron chi connectivity index (χ0n) is 56.0. The number of benzene rings is 10. The molecule has 15 rings (SSSR count). The third-order valence-electron chi connectivity index (χ3n) is 18.5. The van der Waals surface area contributed by atoms with Crippen molar-refractivity contribution in [3.63, 3.8) is 0 Å². The fourth-order valence-electron chi connectivity index (χ4n) is 13.1. The summed E-state index contributed by atoms with van der Waals surface area (Å²) in [5.74, 6) is 2.07. The number of para-hydroxylation sites is 2. The molecule has 5 atom stereocenters. The van der Waals surface area contributed by atoms with E-state index in [1.54, 1.807) is 12.1 Å². The summed E-state index contributed by atoms with van der Waals surface area (Å²) < 4.78 is 48.5. The van der Waals surface area contributed by atoms with Crippen LogP contribution in [-0.4, -0.2) is 65.1 Å². The number of nitrogens with zero attached hydrogens (tertiary/aromatic N) is 2. The van der Waals surface area contributed by atoms with Crippen LogP contribution in [0.5, 0.6) is 5.75 Å². The smallest absolute Gasteiger partial charge is 0.294 e. The number of carbonyl (C=O) groups excluding carboxylic acids is 1. The molecule has 0 spiro atoms. The Hall–Kier alpha value is -9.19. The summed E-state index contributed by atoms with van der Waals surface area (Å²) in [6.45, 7) is 12.3. The third kappa shape index (κ3) is 16.9. The number of amides is 1. The van der Waals surface area contributed by atoms with Gasteiger partial charge in [0.2, 0.25) is 5.91 Å². The van der Waals surface area contributed by atoms with Crippen LogP contribution in [0.4, 0.5) is 5.69 Å². The highest BCUT2D eigenvalue weighted by Gasteiger charge is 2.33. The molecule has 5 unspecified atom stereocenters. The maximum atomic E-state index is 11.2. The van der Waals surface area contributed by atoms with E-state index in [4.69, 9.17) is 14.0 Å². The zero-order chi connectivity index (χ0) is 68.8. The molecule has 3 N–H and O–H groups in total. The van der Waals surface area contributed by atoms with Crippen molar-refractivity contribution in [3.05, 3.63) is 310 Å². The molecule has 11 nitrogen and oxygen atoms in total. The number of nitrogens with one attached hydrogen (secondary N) is 2. The van der Waals surface area contributed by atoms with Gasteiger partial charge >= 0.3 is 0 Å². The van der Waals surface area contributed by atoms with Gasteiger partial charge in [-0.1, -0.05) is 230 Å². The van der Waals surface area contributed by atoms with Crippen molar-refractivity contribution in [2.24, 2.45) is 5.92 Å². The molecule has 3 aliphatic rings. The molecule has 2 aromatic heterocycles. The lowest BCUT2D eigenvalue weighted by Gasteiger charge is -2.31. The van der Waals surface area contributed by atoms with Crippen LogP contribution in [0.15, 0.2) is 276 Å². The van der Waals surface area contributed by atoms with Crippen molar-refractivity contribution in [3.8, 4) is 5.75 Å². The van der Waals surface area contributed by atoms with Crippen LogP contribution >= 0.6 is 35.9 Å². The minimum atomic E-state index is -4.02. The predicted molar refractivity (Wildman–Crippen MR) is 415 cm³/mol. The highest BCUT2D eigenvalue weighted by molar-refractivity contribution is 8.00. The lowest BCUT2D eigenvalue weighted by molar-refractivity contribution is -0.118. The maximum Gasteiger partial charge on any atom is 0.294 e. The molecular weight excluding hydrogens is 1310 g/mol. The number of hydrogen-bond acceptors (Lipinski definition) is 10. The van der Waals surface area contributed by atoms with Crippen LogP contribution < -0.4 is 20.5 Å². The number of allylic oxidation sites excluding steroid dienone is 5. The van der Waals surface area contributed by atoms with E-state index in [-0.39, 0.29) is 34.1 Å². The number of hydrogen-bond donors (Lipinski definition) is 4. The number of aromatic nitrogens is 2. The Morgan fingerprint density at radius 1 is 0.687 bits per heavy atom. The number of ether oxygens (including phenoxy) is 2. The Bertz CT molecular complexity index is 5070. The van der Waals surface area contributed by atoms with E-state index in [9.17, 15) is 18.0 Å². The Balaban J connectivity index is 0.000000177. The number of rotatable bonds is 18. The number of thioether (sulfide) groups is 1. The molecule has 4 heterocycles. The van der Waals surface area contributed by atoms with Crippen molar-refractivity contribution >= 4 is 111 Å². The predicted octanol–water partition coefficient (Wildman–Crippen LogP) is 19.4. The van der Waals surface area contributed by atoms with Crippen molar-refractivity contribution in [1.82, 2.24) is 14.3 Å². The summed E-state index contributed by atoms with van der Waals surface area (Å²) in [6, 6.07) is 72.1. The minimum Gasteiger partial charge on any atom is -0.491 e. The third-order valence-corrected chi connectivity index (χ3v) is 21.9. The van der Waals surface area contributed by atoms with E-state index in [0.29, 0.717) is 30.2 Å². The van der Waals surface area contributed by atoms with E-state index in [2.05, 4.69) is 265 Å². The molecule has 0 saturated carbocycles. The van der Waals surface area contributed by atoms with Gasteiger partial charge < -0.3 is 24.3 Å². The molecule has 15 heteroatoms. The van der Waals surface area contributed by atoms with Crippen molar-refractivity contribution in [2.75, 3.05) is 37.0 Å². The summed E-state index contributed by atoms with van der Waals surface area (Å²) >= 11 is 7.36. The van der Waals surface area contributed by atoms with Gasteiger partial charge in [-0.15, -0.1) is 11.8 Å². The molecule has 99 heavy (non-hydrogen) atoms. The highest BCUT2D eigenvalue weighted by Crippen LogP contribution is 2.51. The second-order valence-corrected chi connectivity index (χ2v) is 29.0. The van der Waals surface area contributed by atoms with Crippen LogP contribution in [0, 0.1) is 26.7 Å². The molecule has 12 aromatic rings. The van der Waals surface area contributed by atoms with Gasteiger partial charge in [-0.25, -0.2) is 0 Å². The minimum absolute atomic E-state index is 0.0134. The van der Waals surface area contributed by atoms with E-state index in [0.717, 1.165) is 65.7 Å². The zero-order valence-corrected chi connectivity index (χ0v) is 59.4. The standard InChI is InChI=1S/C53H51NO2S.C17H18N2OS.C7H5NOS.C7H8O3S/c1-36(22-24-42-28-30-54(49-35-38(3)37(2)34-48(42)49)31-33-56-51-21-11-16-40-13-5-8-18-44(40)51)23-27-52-46(47-26-25-41-14-6-9-19-45(41)53(47)57-52)29-32-55-50-20-10-15-39-12-4-7-17-43(39)50;20-17(12-21)18-10-5-11-19-15-8-3-1-6-13(15)14-7-2-4-9-16(14)19;9-7-5-3-1-2-4-6(5)10-8-7;1-6-2-4-7(5-3-6)11(8,9)10/h4-14,16-28,30,34-36,42,46,50,52H,15,29,31-33H2,1-3H3;1-4,6-9,21H,5,10-12H2,(H,18,20);1-4H,(H,8,9);2-5H,1H3,(H,8,9,10)/b24-22+,27-23+;;;. The second kappa shape index (κ2) is 32.7. The Morgan fingerprint density at radius 2 is 1.33 bits per heavy atom. The van der Waals surface area contributed by atoms with Crippen molar-refractivity contribution in [2.45, 2.75) is 86.5 Å². The van der Waals surface area contributed by atoms with Crippen LogP contribution in [0.3, 0.4) is 0 Å². The largest absolute Gasteiger partial charge is 0.491 e. The Kier molecular flexibility index (Phi) is 23.0. The monoisotopic (exact) mass is 1390 g/mol. The molecule has 0 saturated heterocycles. The molecule has 1 amide bonds. The van der Waals surface area contributed by atoms with Crippen molar-refractivity contribution in [1.29, 1.82) is 0 Å². The molecule has 0 bridgehead atoms. The number of H-pyrrole nitrogens is 1. The molecule has 2 aliphatic heterocycles. The van der Waals surface area contributed by atoms with Gasteiger partial charge in [0, 0.05) is 80.8 Å². The van der Waals surface area contributed by atoms with Gasteiger partial charge in [0.1, 0.15) is 18.5 Å². The Morgan fingerprint density at radius 3 is 2.07 bits per heavy atom. The number of thiol groups is 1. The SMILES string of the molecule is Cc1cc2c(cc1C)N(CCOc1cccc3ccccc13)C=CC2/C=C/C(C)/C=C/C1Sc2c(ccc3ccccc23)C1CCOC1C=CCc2ccccc21.Cc1ccc(S(=O)(=O)O)cc1.O=C(CS)NCCCn1c2ccccc2c2ccccc21.O=c1[nH]sc2ccccc12. The lowest BCUT2D eigenvalue weighted by Crippen LogP contribution is -2.27. The lowest BCUT2D eigenvalue weighted by atomic mass is 9.89. The fraction of sp³-hybridized carbons (Fsp3) is 0.214.